The summed E-state index contributed by atoms with van der Waals surface area (Å²) < 4.78 is 4.04. The van der Waals surface area contributed by atoms with E-state index in [9.17, 15) is 39.0 Å². The monoisotopic (exact) mass is 1020 g/mol. The van der Waals surface area contributed by atoms with Gasteiger partial charge < -0.3 is 41.3 Å². The highest BCUT2D eigenvalue weighted by Gasteiger charge is 2.43. The highest BCUT2D eigenvalue weighted by atomic mass is 79.9. The maximum atomic E-state index is 12.2. The van der Waals surface area contributed by atoms with Gasteiger partial charge in [0.2, 0.25) is 23.0 Å². The largest absolute Gasteiger partial charge is 0.369 e. The van der Waals surface area contributed by atoms with Gasteiger partial charge in [0, 0.05) is 114 Å². The van der Waals surface area contributed by atoms with Gasteiger partial charge in [0.25, 0.3) is 23.6 Å². The number of halogens is 1. The Morgan fingerprint density at radius 1 is 0.704 bits per heavy atom. The Labute approximate surface area is 415 Å². The molecule has 21 heteroatoms. The van der Waals surface area contributed by atoms with Crippen LogP contribution < -0.4 is 11.5 Å². The summed E-state index contributed by atoms with van der Waals surface area (Å²) in [6.45, 7) is 6.62. The first kappa shape index (κ1) is 49.4. The smallest absolute Gasteiger partial charge is 0.269 e. The second-order valence-corrected chi connectivity index (χ2v) is 18.8. The second-order valence-electron chi connectivity index (χ2n) is 17.9. The number of hydrogen-bond donors (Lipinski definition) is 4. The molecule has 0 aliphatic carbocycles. The lowest BCUT2D eigenvalue weighted by Crippen LogP contribution is -2.47. The number of amides is 6. The fraction of sp³-hybridized carbons (Fsp3) is 0.320. The van der Waals surface area contributed by atoms with E-state index in [1.807, 2.05) is 36.4 Å². The van der Waals surface area contributed by atoms with Crippen LogP contribution >= 0.6 is 15.9 Å². The number of aromatic nitrogens is 6. The van der Waals surface area contributed by atoms with E-state index in [1.165, 1.54) is 21.4 Å². The molecule has 20 nitrogen and oxygen atoms in total. The second kappa shape index (κ2) is 19.4. The zero-order chi connectivity index (χ0) is 51.1. The summed E-state index contributed by atoms with van der Waals surface area (Å²) in [5, 5.41) is 29.8. The highest BCUT2D eigenvalue weighted by Crippen LogP contribution is 2.32. The van der Waals surface area contributed by atoms with Crippen LogP contribution in [0.2, 0.25) is 0 Å². The topological polar surface area (TPSA) is 269 Å². The summed E-state index contributed by atoms with van der Waals surface area (Å²) >= 11 is 3.44. The maximum absolute atomic E-state index is 12.2. The zero-order valence-corrected chi connectivity index (χ0v) is 40.8. The number of nitrogens with two attached hydrogens (primary N) is 2. The number of terminal acetylenes is 1. The van der Waals surface area contributed by atoms with Crippen LogP contribution in [0.25, 0.3) is 33.4 Å². The fourth-order valence-corrected chi connectivity index (χ4v) is 8.94. The predicted molar refractivity (Wildman–Crippen MR) is 263 cm³/mol. The van der Waals surface area contributed by atoms with Crippen molar-refractivity contribution in [3.05, 3.63) is 106 Å². The van der Waals surface area contributed by atoms with Crippen molar-refractivity contribution in [1.29, 1.82) is 0 Å². The number of primary amides is 2. The van der Waals surface area contributed by atoms with Crippen LogP contribution in [0.5, 0.6) is 0 Å². The van der Waals surface area contributed by atoms with Crippen LogP contribution in [0.4, 0.5) is 0 Å². The van der Waals surface area contributed by atoms with Gasteiger partial charge in [0.05, 0.1) is 22.1 Å². The lowest BCUT2D eigenvalue weighted by molar-refractivity contribution is -0.138. The molecule has 4 aromatic heterocycles. The summed E-state index contributed by atoms with van der Waals surface area (Å²) in [6, 6.07) is 18.4. The third kappa shape index (κ3) is 9.80. The van der Waals surface area contributed by atoms with Crippen molar-refractivity contribution in [3.8, 4) is 35.6 Å². The molecule has 0 spiro atoms. The number of carbonyl (C=O) groups is 6. The summed E-state index contributed by atoms with van der Waals surface area (Å²) in [7, 11) is 3.25. The van der Waals surface area contributed by atoms with E-state index in [-0.39, 0.29) is 47.4 Å². The van der Waals surface area contributed by atoms with Gasteiger partial charge in [0.1, 0.15) is 0 Å². The molecule has 8 heterocycles. The van der Waals surface area contributed by atoms with Crippen molar-refractivity contribution in [2.45, 2.75) is 49.7 Å². The quantitative estimate of drug-likeness (QED) is 0.174. The average molecular weight is 1030 g/mol. The molecular formula is C50H49BrN12O8. The van der Waals surface area contributed by atoms with Crippen LogP contribution in [-0.2, 0) is 19.2 Å². The molecule has 0 bridgehead atoms. The Hall–Kier alpha value is -7.98. The number of aliphatic hydroxyl groups is 2. The van der Waals surface area contributed by atoms with Gasteiger partial charge in [-0.15, -0.1) is 6.42 Å². The Morgan fingerprint density at radius 3 is 1.55 bits per heavy atom. The first-order valence-corrected chi connectivity index (χ1v) is 23.2. The van der Waals surface area contributed by atoms with E-state index in [2.05, 4.69) is 53.9 Å². The molecule has 2 atom stereocenters. The molecule has 4 saturated heterocycles. The molecule has 0 saturated carbocycles. The molecule has 0 unspecified atom stereocenters. The Balaban J connectivity index is 0.000000164. The molecular weight excluding hydrogens is 977 g/mol. The van der Waals surface area contributed by atoms with Gasteiger partial charge >= 0.3 is 0 Å². The van der Waals surface area contributed by atoms with E-state index < -0.39 is 28.9 Å². The van der Waals surface area contributed by atoms with Gasteiger partial charge in [0.15, 0.2) is 22.7 Å². The van der Waals surface area contributed by atoms with E-state index in [4.69, 9.17) is 17.9 Å². The van der Waals surface area contributed by atoms with E-state index in [0.717, 1.165) is 21.3 Å². The van der Waals surface area contributed by atoms with E-state index in [0.29, 0.717) is 79.0 Å². The Morgan fingerprint density at radius 2 is 1.15 bits per heavy atom. The van der Waals surface area contributed by atoms with Crippen LogP contribution in [0.15, 0.2) is 77.5 Å². The number of hydrogen-bond acceptors (Lipinski definition) is 12. The third-order valence-electron chi connectivity index (χ3n) is 13.0. The summed E-state index contributed by atoms with van der Waals surface area (Å²) in [5.41, 5.74) is 13.1. The fourth-order valence-electron chi connectivity index (χ4n) is 8.56. The van der Waals surface area contributed by atoms with E-state index >= 15 is 0 Å². The normalized spacial score (nSPS) is 19.7. The van der Waals surface area contributed by atoms with Crippen LogP contribution in [0, 0.1) is 24.2 Å². The molecule has 4 fully saturated rings. The number of likely N-dealkylation sites (tertiary alicyclic amines) is 4. The highest BCUT2D eigenvalue weighted by molar-refractivity contribution is 9.10. The minimum atomic E-state index is -1.69. The first-order valence-electron chi connectivity index (χ1n) is 22.4. The zero-order valence-electron chi connectivity index (χ0n) is 39.2. The van der Waals surface area contributed by atoms with Crippen molar-refractivity contribution >= 4 is 73.4 Å². The molecule has 4 aliphatic heterocycles. The SMILES string of the molecule is C#C[C@]1(O)CCN(C)C1=O.CC(=O)N1CC(c2cnc3c(c2)c(C(N)=O)nn3-c2cccc(Br)c2)C1.CC(=O)N1CC(c2cnc3c(c2)c(C(N)=O)nn3-c2cccc(C#C[C@]3(O)CCN(C)C3=O)c2)C1. The molecule has 6 aromatic rings. The number of fused-ring (bicyclic) bond motifs is 2. The van der Waals surface area contributed by atoms with Crippen LogP contribution in [0.3, 0.4) is 0 Å². The lowest BCUT2D eigenvalue weighted by atomic mass is 9.92. The molecule has 4 aliphatic rings. The minimum Gasteiger partial charge on any atom is -0.369 e. The van der Waals surface area contributed by atoms with Crippen molar-refractivity contribution in [2.75, 3.05) is 53.4 Å². The number of benzene rings is 2. The number of likely N-dealkylation sites (N-methyl/N-ethyl adjacent to an activating group) is 2. The summed E-state index contributed by atoms with van der Waals surface area (Å²) in [4.78, 5) is 85.6. The molecule has 10 rings (SSSR count). The minimum absolute atomic E-state index is 0.0281. The Bertz CT molecular complexity index is 3290. The Kier molecular flexibility index (Phi) is 13.5. The van der Waals surface area contributed by atoms with Crippen LogP contribution in [0.1, 0.15) is 76.2 Å². The number of nitrogens with zero attached hydrogens (tertiary/aromatic N) is 10. The predicted octanol–water partition coefficient (Wildman–Crippen LogP) is 1.85. The van der Waals surface area contributed by atoms with Gasteiger partial charge in [-0.25, -0.2) is 19.3 Å². The van der Waals surface area contributed by atoms with Crippen molar-refractivity contribution in [1.82, 2.24) is 49.1 Å². The summed E-state index contributed by atoms with van der Waals surface area (Å²) in [6.07, 6.45) is 9.08. The van der Waals surface area contributed by atoms with Gasteiger partial charge in [-0.3, -0.25) is 28.8 Å². The molecule has 71 heavy (non-hydrogen) atoms. The number of pyridine rings is 2. The molecule has 6 N–H and O–H groups in total. The number of rotatable bonds is 6. The molecule has 6 amide bonds. The van der Waals surface area contributed by atoms with Gasteiger partial charge in [-0.05, 0) is 59.7 Å². The third-order valence-corrected chi connectivity index (χ3v) is 13.5. The maximum Gasteiger partial charge on any atom is 0.269 e. The first-order chi connectivity index (χ1) is 33.7. The average Bonchev–Trinajstić information content (AvgIpc) is 4.03. The summed E-state index contributed by atoms with van der Waals surface area (Å²) in [5.74, 6) is 6.08. The van der Waals surface area contributed by atoms with E-state index in [1.54, 1.807) is 72.2 Å². The molecule has 2 aromatic carbocycles. The molecule has 364 valence electrons. The lowest BCUT2D eigenvalue weighted by Gasteiger charge is -2.38. The van der Waals surface area contributed by atoms with Crippen molar-refractivity contribution in [3.63, 3.8) is 0 Å². The molecule has 0 radical (unpaired) electrons. The van der Waals surface area contributed by atoms with Crippen LogP contribution in [-0.4, -0.2) is 159 Å². The number of carbonyl (C=O) groups excluding carboxylic acids is 6. The van der Waals surface area contributed by atoms with Crippen molar-refractivity contribution < 1.29 is 39.0 Å². The van der Waals surface area contributed by atoms with Gasteiger partial charge in [-0.1, -0.05) is 45.8 Å². The standard InChI is InChI=1S/C25H24N6O4.C18H16BrN5O2.C7H9NO2/c1-15(32)30-13-18(14-30)17-11-20-21(22(26)33)28-31(23(20)27-12-17)19-5-3-4-16(10-19)6-7-25(35)8-9-29(2)24(25)34;1-10(25)23-8-12(9-23)11-5-15-16(17(20)26)22-24(18(15)21-7-11)14-4-2-3-13(19)6-14;1-3-7(10)4-5-8(2)6(7)9/h3-5,10-12,18,35H,8-9,13-14H2,1-2H3,(H2,26,33);2-7,12H,8-9H2,1H3,(H2,20,26);1,10H,4-5H2,2H3/t25-;;7-/m0.0/s1. The van der Waals surface area contributed by atoms with Crippen molar-refractivity contribution in [2.24, 2.45) is 11.5 Å². The van der Waals surface area contributed by atoms with Gasteiger partial charge in [-0.2, -0.15) is 10.2 Å².